The van der Waals surface area contributed by atoms with Crippen LogP contribution >= 0.6 is 11.6 Å². The smallest absolute Gasteiger partial charge is 0.307 e. The van der Waals surface area contributed by atoms with Gasteiger partial charge in [0.2, 0.25) is 0 Å². The lowest BCUT2D eigenvalue weighted by molar-refractivity contribution is -0.144. The van der Waals surface area contributed by atoms with E-state index in [0.717, 1.165) is 16.1 Å². The first-order valence-corrected chi connectivity index (χ1v) is 6.41. The second-order valence-corrected chi connectivity index (χ2v) is 4.90. The summed E-state index contributed by atoms with van der Waals surface area (Å²) >= 11 is 6.13. The molecule has 0 aliphatic rings. The molecule has 0 saturated carbocycles. The maximum Gasteiger partial charge on any atom is 0.307 e. The minimum Gasteiger partial charge on any atom is -0.466 e. The number of rotatable bonds is 5. The van der Waals surface area contributed by atoms with Gasteiger partial charge in [0.25, 0.3) is 0 Å². The molecule has 1 aromatic rings. The maximum atomic E-state index is 11.6. The Bertz CT molecular complexity index is 418. The Balaban J connectivity index is 2.90. The van der Waals surface area contributed by atoms with E-state index in [4.69, 9.17) is 16.3 Å². The van der Waals surface area contributed by atoms with Crippen LogP contribution in [0.5, 0.6) is 0 Å². The molecule has 0 radical (unpaired) electrons. The summed E-state index contributed by atoms with van der Waals surface area (Å²) < 4.78 is 5.00. The van der Waals surface area contributed by atoms with Crippen molar-refractivity contribution in [2.45, 2.75) is 26.3 Å². The molecule has 4 heteroatoms. The predicted octanol–water partition coefficient (Wildman–Crippen LogP) is 3.20. The van der Waals surface area contributed by atoms with Gasteiger partial charge in [-0.3, -0.25) is 4.79 Å². The third kappa shape index (κ3) is 4.00. The number of benzene rings is 1. The summed E-state index contributed by atoms with van der Waals surface area (Å²) in [7, 11) is 3.88. The highest BCUT2D eigenvalue weighted by molar-refractivity contribution is 6.31. The van der Waals surface area contributed by atoms with Crippen LogP contribution in [-0.4, -0.2) is 31.6 Å². The van der Waals surface area contributed by atoms with Gasteiger partial charge in [-0.2, -0.15) is 0 Å². The van der Waals surface area contributed by atoms with Crippen molar-refractivity contribution in [1.82, 2.24) is 4.90 Å². The molecule has 1 atom stereocenters. The molecule has 0 aliphatic carbocycles. The molecular weight excluding hydrogens is 250 g/mol. The molecule has 0 aromatic heterocycles. The van der Waals surface area contributed by atoms with Crippen molar-refractivity contribution < 1.29 is 9.53 Å². The van der Waals surface area contributed by atoms with E-state index in [1.807, 2.05) is 51.0 Å². The van der Waals surface area contributed by atoms with Crippen molar-refractivity contribution in [2.75, 3.05) is 20.7 Å². The van der Waals surface area contributed by atoms with Crippen LogP contribution in [0.1, 0.15) is 30.5 Å². The average molecular weight is 270 g/mol. The summed E-state index contributed by atoms with van der Waals surface area (Å²) in [4.78, 5) is 13.6. The van der Waals surface area contributed by atoms with Crippen LogP contribution in [0.25, 0.3) is 0 Å². The molecule has 0 fully saturated rings. The van der Waals surface area contributed by atoms with Crippen LogP contribution in [0.2, 0.25) is 5.02 Å². The van der Waals surface area contributed by atoms with E-state index in [9.17, 15) is 4.79 Å². The second kappa shape index (κ2) is 6.76. The van der Waals surface area contributed by atoms with Crippen LogP contribution in [0.15, 0.2) is 18.2 Å². The van der Waals surface area contributed by atoms with E-state index in [0.29, 0.717) is 13.0 Å². The summed E-state index contributed by atoms with van der Waals surface area (Å²) in [6.07, 6.45) is 0.334. The average Bonchev–Trinajstić information content (AvgIpc) is 2.30. The molecule has 3 nitrogen and oxygen atoms in total. The molecule has 0 aliphatic heterocycles. The molecule has 0 N–H and O–H groups in total. The van der Waals surface area contributed by atoms with E-state index in [2.05, 4.69) is 0 Å². The Morgan fingerprint density at radius 3 is 2.61 bits per heavy atom. The molecule has 0 bridgehead atoms. The van der Waals surface area contributed by atoms with E-state index >= 15 is 0 Å². The predicted molar refractivity (Wildman–Crippen MR) is 73.9 cm³/mol. The number of aryl methyl sites for hydroxylation is 1. The minimum atomic E-state index is -0.187. The fourth-order valence-corrected chi connectivity index (χ4v) is 1.98. The van der Waals surface area contributed by atoms with Crippen LogP contribution in [0.3, 0.4) is 0 Å². The van der Waals surface area contributed by atoms with Crippen molar-refractivity contribution in [2.24, 2.45) is 0 Å². The van der Waals surface area contributed by atoms with E-state index in [1.54, 1.807) is 0 Å². The number of ether oxygens (including phenoxy) is 1. The number of hydrogen-bond acceptors (Lipinski definition) is 3. The molecular formula is C14H20ClNO2. The van der Waals surface area contributed by atoms with Crippen molar-refractivity contribution in [3.8, 4) is 0 Å². The first-order chi connectivity index (χ1) is 8.45. The highest BCUT2D eigenvalue weighted by Crippen LogP contribution is 2.26. The van der Waals surface area contributed by atoms with Gasteiger partial charge in [-0.1, -0.05) is 23.7 Å². The van der Waals surface area contributed by atoms with Gasteiger partial charge in [-0.15, -0.1) is 0 Å². The number of carbonyl (C=O) groups is 1. The maximum absolute atomic E-state index is 11.6. The fraction of sp³-hybridized carbons (Fsp3) is 0.500. The third-order valence-corrected chi connectivity index (χ3v) is 3.28. The van der Waals surface area contributed by atoms with Crippen molar-refractivity contribution in [3.63, 3.8) is 0 Å². The molecule has 0 saturated heterocycles. The number of halogens is 1. The summed E-state index contributed by atoms with van der Waals surface area (Å²) in [5.41, 5.74) is 2.07. The Kier molecular flexibility index (Phi) is 5.63. The number of carbonyl (C=O) groups excluding carboxylic acids is 1. The molecule has 100 valence electrons. The minimum absolute atomic E-state index is 0.0119. The molecule has 1 rings (SSSR count). The van der Waals surface area contributed by atoms with E-state index < -0.39 is 0 Å². The topological polar surface area (TPSA) is 29.5 Å². The van der Waals surface area contributed by atoms with Gasteiger partial charge in [-0.25, -0.2) is 0 Å². The molecule has 1 unspecified atom stereocenters. The van der Waals surface area contributed by atoms with E-state index in [1.165, 1.54) is 0 Å². The monoisotopic (exact) mass is 269 g/mol. The zero-order chi connectivity index (χ0) is 13.7. The highest BCUT2D eigenvalue weighted by atomic mass is 35.5. The van der Waals surface area contributed by atoms with Crippen molar-refractivity contribution >= 4 is 17.6 Å². The van der Waals surface area contributed by atoms with Crippen molar-refractivity contribution in [3.05, 3.63) is 34.3 Å². The van der Waals surface area contributed by atoms with Gasteiger partial charge in [0.1, 0.15) is 0 Å². The Morgan fingerprint density at radius 2 is 2.11 bits per heavy atom. The lowest BCUT2D eigenvalue weighted by Crippen LogP contribution is -2.23. The van der Waals surface area contributed by atoms with Crippen LogP contribution in [-0.2, 0) is 9.53 Å². The number of esters is 1. The number of nitrogens with zero attached hydrogens (tertiary/aromatic N) is 1. The molecule has 0 heterocycles. The second-order valence-electron chi connectivity index (χ2n) is 4.50. The normalized spacial score (nSPS) is 12.6. The summed E-state index contributed by atoms with van der Waals surface area (Å²) in [6.45, 7) is 4.18. The molecule has 18 heavy (non-hydrogen) atoms. The lowest BCUT2D eigenvalue weighted by Gasteiger charge is -2.24. The standard InChI is InChI=1S/C14H20ClNO2/c1-5-18-14(17)9-13(16(3)4)11-7-6-10(2)12(15)8-11/h6-8,13H,5,9H2,1-4H3. The van der Waals surface area contributed by atoms with Gasteiger partial charge < -0.3 is 9.64 Å². The van der Waals surface area contributed by atoms with Crippen LogP contribution in [0, 0.1) is 6.92 Å². The molecule has 0 spiro atoms. The first-order valence-electron chi connectivity index (χ1n) is 6.03. The number of hydrogen-bond donors (Lipinski definition) is 0. The zero-order valence-electron chi connectivity index (χ0n) is 11.4. The Hall–Kier alpha value is -1.06. The molecule has 1 aromatic carbocycles. The zero-order valence-corrected chi connectivity index (χ0v) is 12.1. The van der Waals surface area contributed by atoms with Crippen LogP contribution < -0.4 is 0 Å². The SMILES string of the molecule is CCOC(=O)CC(c1ccc(C)c(Cl)c1)N(C)C. The molecule has 0 amide bonds. The quantitative estimate of drug-likeness (QED) is 0.769. The Labute approximate surface area is 114 Å². The third-order valence-electron chi connectivity index (χ3n) is 2.87. The fourth-order valence-electron chi connectivity index (χ4n) is 1.79. The van der Waals surface area contributed by atoms with Crippen molar-refractivity contribution in [1.29, 1.82) is 0 Å². The summed E-state index contributed by atoms with van der Waals surface area (Å²) in [5, 5.41) is 0.725. The van der Waals surface area contributed by atoms with Gasteiger partial charge >= 0.3 is 5.97 Å². The summed E-state index contributed by atoms with van der Waals surface area (Å²) in [6, 6.07) is 5.88. The Morgan fingerprint density at radius 1 is 1.44 bits per heavy atom. The van der Waals surface area contributed by atoms with E-state index in [-0.39, 0.29) is 12.0 Å². The van der Waals surface area contributed by atoms with Crippen LogP contribution in [0.4, 0.5) is 0 Å². The lowest BCUT2D eigenvalue weighted by atomic mass is 10.0. The van der Waals surface area contributed by atoms with Gasteiger partial charge in [-0.05, 0) is 45.1 Å². The largest absolute Gasteiger partial charge is 0.466 e. The van der Waals surface area contributed by atoms with Gasteiger partial charge in [0, 0.05) is 11.1 Å². The summed E-state index contributed by atoms with van der Waals surface area (Å²) in [5.74, 6) is -0.187. The first kappa shape index (κ1) is 15.0. The highest BCUT2D eigenvalue weighted by Gasteiger charge is 2.19. The van der Waals surface area contributed by atoms with Gasteiger partial charge in [0.15, 0.2) is 0 Å². The van der Waals surface area contributed by atoms with Gasteiger partial charge in [0.05, 0.1) is 13.0 Å².